The Morgan fingerprint density at radius 3 is 1.76 bits per heavy atom. The first kappa shape index (κ1) is 22.3. The van der Waals surface area contributed by atoms with Gasteiger partial charge in [-0.05, 0) is 36.7 Å². The summed E-state index contributed by atoms with van der Waals surface area (Å²) in [6.45, 7) is 6.97. The van der Waals surface area contributed by atoms with E-state index in [4.69, 9.17) is 0 Å². The standard InChI is InChI=1S/C25H44/c1-4-7-10-11-12-17-22-25(24-20-15-13-16-21-24)23(18-9-6-3)19-14-8-5-2/h13,15-16,20-21,23,25H,4-12,14,17-19,22H2,1-3H3. The van der Waals surface area contributed by atoms with E-state index < -0.39 is 0 Å². The SMILES string of the molecule is CCCCCCCCC(c1ccccc1)C(CCCC)CCCCC. The van der Waals surface area contributed by atoms with E-state index in [2.05, 4.69) is 51.1 Å². The van der Waals surface area contributed by atoms with Gasteiger partial charge in [0.05, 0.1) is 0 Å². The van der Waals surface area contributed by atoms with E-state index in [-0.39, 0.29) is 0 Å². The zero-order valence-electron chi connectivity index (χ0n) is 17.4. The molecule has 0 radical (unpaired) electrons. The third-order valence-electron chi connectivity index (χ3n) is 5.77. The van der Waals surface area contributed by atoms with Crippen LogP contribution in [0.3, 0.4) is 0 Å². The van der Waals surface area contributed by atoms with Crippen LogP contribution in [0.2, 0.25) is 0 Å². The van der Waals surface area contributed by atoms with Crippen molar-refractivity contribution in [1.82, 2.24) is 0 Å². The van der Waals surface area contributed by atoms with Crippen molar-refractivity contribution >= 4 is 0 Å². The predicted molar refractivity (Wildman–Crippen MR) is 114 cm³/mol. The minimum absolute atomic E-state index is 0.788. The van der Waals surface area contributed by atoms with E-state index in [0.29, 0.717) is 0 Å². The molecule has 0 saturated carbocycles. The van der Waals surface area contributed by atoms with E-state index >= 15 is 0 Å². The van der Waals surface area contributed by atoms with E-state index in [1.807, 2.05) is 0 Å². The zero-order valence-corrected chi connectivity index (χ0v) is 17.4. The van der Waals surface area contributed by atoms with Gasteiger partial charge in [0.2, 0.25) is 0 Å². The molecule has 0 nitrogen and oxygen atoms in total. The van der Waals surface area contributed by atoms with Crippen molar-refractivity contribution < 1.29 is 0 Å². The summed E-state index contributed by atoms with van der Waals surface area (Å²) in [5, 5.41) is 0. The maximum atomic E-state index is 2.39. The highest BCUT2D eigenvalue weighted by molar-refractivity contribution is 5.20. The number of hydrogen-bond donors (Lipinski definition) is 0. The Hall–Kier alpha value is -0.780. The molecular weight excluding hydrogens is 300 g/mol. The van der Waals surface area contributed by atoms with Crippen LogP contribution in [0.25, 0.3) is 0 Å². The van der Waals surface area contributed by atoms with Gasteiger partial charge in [0.15, 0.2) is 0 Å². The Labute approximate surface area is 158 Å². The number of unbranched alkanes of at least 4 members (excludes halogenated alkanes) is 8. The normalized spacial score (nSPS) is 13.7. The van der Waals surface area contributed by atoms with Crippen LogP contribution in [0.4, 0.5) is 0 Å². The molecule has 0 aliphatic rings. The van der Waals surface area contributed by atoms with Crippen molar-refractivity contribution in [3.05, 3.63) is 35.9 Å². The van der Waals surface area contributed by atoms with Gasteiger partial charge in [0, 0.05) is 0 Å². The first-order valence-corrected chi connectivity index (χ1v) is 11.4. The molecule has 0 saturated heterocycles. The second kappa shape index (κ2) is 15.5. The van der Waals surface area contributed by atoms with Gasteiger partial charge in [-0.3, -0.25) is 0 Å². The Kier molecular flexibility index (Phi) is 13.8. The van der Waals surface area contributed by atoms with Gasteiger partial charge >= 0.3 is 0 Å². The highest BCUT2D eigenvalue weighted by Gasteiger charge is 2.22. The minimum Gasteiger partial charge on any atom is -0.0654 e. The van der Waals surface area contributed by atoms with Crippen LogP contribution < -0.4 is 0 Å². The van der Waals surface area contributed by atoms with Crippen LogP contribution in [-0.2, 0) is 0 Å². The van der Waals surface area contributed by atoms with Gasteiger partial charge in [0.1, 0.15) is 0 Å². The average molecular weight is 345 g/mol. The van der Waals surface area contributed by atoms with E-state index in [1.165, 1.54) is 89.9 Å². The van der Waals surface area contributed by atoms with E-state index in [0.717, 1.165) is 11.8 Å². The smallest absolute Gasteiger partial charge is 0.0134 e. The molecule has 2 atom stereocenters. The third kappa shape index (κ3) is 10.1. The van der Waals surface area contributed by atoms with Gasteiger partial charge < -0.3 is 0 Å². The number of benzene rings is 1. The van der Waals surface area contributed by atoms with Crippen LogP contribution in [0.15, 0.2) is 30.3 Å². The van der Waals surface area contributed by atoms with Gasteiger partial charge in [-0.15, -0.1) is 0 Å². The predicted octanol–water partition coefficient (Wildman–Crippen LogP) is 8.91. The topological polar surface area (TPSA) is 0 Å². The van der Waals surface area contributed by atoms with E-state index in [9.17, 15) is 0 Å². The Morgan fingerprint density at radius 2 is 1.08 bits per heavy atom. The average Bonchev–Trinajstić information content (AvgIpc) is 2.65. The van der Waals surface area contributed by atoms with Gasteiger partial charge in [0.25, 0.3) is 0 Å². The Balaban J connectivity index is 2.64. The fraction of sp³-hybridized carbons (Fsp3) is 0.760. The summed E-state index contributed by atoms with van der Waals surface area (Å²) in [4.78, 5) is 0. The molecule has 0 heteroatoms. The highest BCUT2D eigenvalue weighted by atomic mass is 14.3. The molecule has 0 aliphatic carbocycles. The van der Waals surface area contributed by atoms with Crippen molar-refractivity contribution in [3.8, 4) is 0 Å². The second-order valence-electron chi connectivity index (χ2n) is 7.97. The number of rotatable bonds is 16. The van der Waals surface area contributed by atoms with Crippen molar-refractivity contribution in [3.63, 3.8) is 0 Å². The van der Waals surface area contributed by atoms with Gasteiger partial charge in [-0.2, -0.15) is 0 Å². The first-order valence-electron chi connectivity index (χ1n) is 11.4. The fourth-order valence-electron chi connectivity index (χ4n) is 4.19. The summed E-state index contributed by atoms with van der Waals surface area (Å²) in [6.07, 6.45) is 19.6. The highest BCUT2D eigenvalue weighted by Crippen LogP contribution is 2.36. The molecule has 0 N–H and O–H groups in total. The molecule has 1 rings (SSSR count). The quantitative estimate of drug-likeness (QED) is 0.262. The molecule has 0 aromatic heterocycles. The monoisotopic (exact) mass is 344 g/mol. The van der Waals surface area contributed by atoms with E-state index in [1.54, 1.807) is 5.56 Å². The molecule has 1 aromatic rings. The molecule has 0 aliphatic heterocycles. The second-order valence-corrected chi connectivity index (χ2v) is 7.97. The molecule has 0 heterocycles. The largest absolute Gasteiger partial charge is 0.0654 e. The van der Waals surface area contributed by atoms with Gasteiger partial charge in [-0.25, -0.2) is 0 Å². The molecule has 0 amide bonds. The molecule has 0 spiro atoms. The Morgan fingerprint density at radius 1 is 0.560 bits per heavy atom. The van der Waals surface area contributed by atoms with Crippen molar-refractivity contribution in [1.29, 1.82) is 0 Å². The van der Waals surface area contributed by atoms with Crippen LogP contribution in [-0.4, -0.2) is 0 Å². The lowest BCUT2D eigenvalue weighted by Crippen LogP contribution is -2.14. The molecule has 1 aromatic carbocycles. The maximum Gasteiger partial charge on any atom is -0.0134 e. The van der Waals surface area contributed by atoms with Crippen LogP contribution in [0, 0.1) is 5.92 Å². The summed E-state index contributed by atoms with van der Waals surface area (Å²) in [6, 6.07) is 11.4. The van der Waals surface area contributed by atoms with Crippen LogP contribution >= 0.6 is 0 Å². The molecule has 0 bridgehead atoms. The van der Waals surface area contributed by atoms with Crippen LogP contribution in [0.1, 0.15) is 122 Å². The lowest BCUT2D eigenvalue weighted by atomic mass is 9.77. The molecule has 25 heavy (non-hydrogen) atoms. The third-order valence-corrected chi connectivity index (χ3v) is 5.77. The summed E-state index contributed by atoms with van der Waals surface area (Å²) in [5.74, 6) is 1.68. The van der Waals surface area contributed by atoms with Crippen molar-refractivity contribution in [2.24, 2.45) is 5.92 Å². The van der Waals surface area contributed by atoms with Crippen molar-refractivity contribution in [2.45, 2.75) is 117 Å². The van der Waals surface area contributed by atoms with Gasteiger partial charge in [-0.1, -0.05) is 122 Å². The summed E-state index contributed by atoms with van der Waals surface area (Å²) in [7, 11) is 0. The summed E-state index contributed by atoms with van der Waals surface area (Å²) >= 11 is 0. The van der Waals surface area contributed by atoms with Crippen molar-refractivity contribution in [2.75, 3.05) is 0 Å². The lowest BCUT2D eigenvalue weighted by Gasteiger charge is -2.28. The lowest BCUT2D eigenvalue weighted by molar-refractivity contribution is 0.326. The zero-order chi connectivity index (χ0) is 18.2. The first-order chi connectivity index (χ1) is 12.3. The number of hydrogen-bond acceptors (Lipinski definition) is 0. The summed E-state index contributed by atoms with van der Waals surface area (Å²) < 4.78 is 0. The minimum atomic E-state index is 0.788. The molecule has 0 fully saturated rings. The maximum absolute atomic E-state index is 2.39. The molecular formula is C25H44. The summed E-state index contributed by atoms with van der Waals surface area (Å²) in [5.41, 5.74) is 1.61. The Bertz CT molecular complexity index is 380. The van der Waals surface area contributed by atoms with Crippen LogP contribution in [0.5, 0.6) is 0 Å². The molecule has 2 unspecified atom stereocenters. The fourth-order valence-corrected chi connectivity index (χ4v) is 4.19. The molecule has 144 valence electrons.